The number of benzene rings is 4. The van der Waals surface area contributed by atoms with Gasteiger partial charge in [0, 0.05) is 9.79 Å². The minimum absolute atomic E-state index is 0. The molecule has 0 amide bonds. The van der Waals surface area contributed by atoms with Gasteiger partial charge in [-0.25, -0.2) is 0 Å². The van der Waals surface area contributed by atoms with Gasteiger partial charge in [0.25, 0.3) is 0 Å². The predicted octanol–water partition coefficient (Wildman–Crippen LogP) is 7.54. The summed E-state index contributed by atoms with van der Waals surface area (Å²) in [6, 6.07) is 38.5. The Balaban J connectivity index is 0.000000591. The van der Waals surface area contributed by atoms with Gasteiger partial charge in [0.2, 0.25) is 0 Å². The van der Waals surface area contributed by atoms with Crippen LogP contribution in [0.5, 0.6) is 0 Å². The fourth-order valence-corrected chi connectivity index (χ4v) is 3.77. The van der Waals surface area contributed by atoms with Crippen LogP contribution in [-0.2, 0) is 13.5 Å². The number of hydrogen-bond acceptors (Lipinski definition) is 1. The Morgan fingerprint density at radius 1 is 0.467 bits per heavy atom. The first-order chi connectivity index (χ1) is 14.1. The molecule has 4 aromatic rings. The first-order valence-corrected chi connectivity index (χ1v) is 9.85. The molecule has 4 rings (SSSR count). The molecule has 5 heteroatoms. The molecule has 0 aromatic heterocycles. The molecule has 0 heterocycles. The van der Waals surface area contributed by atoms with Gasteiger partial charge in [-0.15, -0.1) is 0 Å². The average molecular weight is 444 g/mol. The molecule has 0 radical (unpaired) electrons. The minimum Gasteiger partial charge on any atom is -0.174 e. The van der Waals surface area contributed by atoms with Crippen molar-refractivity contribution in [1.29, 1.82) is 0 Å². The van der Waals surface area contributed by atoms with Crippen LogP contribution < -0.4 is 0 Å². The molecule has 0 unspecified atom stereocenters. The second kappa shape index (κ2) is 12.2. The molecule has 0 bridgehead atoms. The van der Waals surface area contributed by atoms with Gasteiger partial charge < -0.3 is 0 Å². The fraction of sp³-hybridized carbons (Fsp3) is 0.0400. The zero-order chi connectivity index (χ0) is 20.5. The summed E-state index contributed by atoms with van der Waals surface area (Å²) in [5.74, 6) is 0. The predicted molar refractivity (Wildman–Crippen MR) is 127 cm³/mol. The second-order valence-corrected chi connectivity index (χ2v) is 7.25. The normalized spacial score (nSPS) is 10.0. The highest BCUT2D eigenvalue weighted by molar-refractivity contribution is 7.99. The number of rotatable bonds is 4. The van der Waals surface area contributed by atoms with Crippen LogP contribution in [0.15, 0.2) is 119 Å². The maximum atomic E-state index is 9.67. The molecule has 0 nitrogen and oxygen atoms in total. The smallest absolute Gasteiger partial charge is 0.174 e. The van der Waals surface area contributed by atoms with Crippen molar-refractivity contribution in [2.24, 2.45) is 0 Å². The molecule has 0 saturated heterocycles. The van der Waals surface area contributed by atoms with E-state index in [9.17, 15) is 13.2 Å². The molecule has 30 heavy (non-hydrogen) atoms. The van der Waals surface area contributed by atoms with Gasteiger partial charge in [-0.2, -0.15) is 13.2 Å². The van der Waals surface area contributed by atoms with Crippen molar-refractivity contribution >= 4 is 25.3 Å². The maximum absolute atomic E-state index is 9.67. The van der Waals surface area contributed by atoms with Crippen molar-refractivity contribution in [2.75, 3.05) is 0 Å². The second-order valence-electron chi connectivity index (χ2n) is 6.10. The highest BCUT2D eigenvalue weighted by atomic mass is 32.2. The summed E-state index contributed by atoms with van der Waals surface area (Å²) < 4.78 is 29.0. The molecule has 0 N–H and O–H groups in total. The van der Waals surface area contributed by atoms with Gasteiger partial charge in [0.15, 0.2) is 0 Å². The number of hydrogen-bond donors (Lipinski definition) is 0. The van der Waals surface area contributed by atoms with Gasteiger partial charge in [-0.1, -0.05) is 110 Å². The van der Waals surface area contributed by atoms with E-state index in [1.165, 1.54) is 32.0 Å². The molecule has 4 aromatic carbocycles. The van der Waals surface area contributed by atoms with Crippen LogP contribution in [0.3, 0.4) is 0 Å². The first-order valence-electron chi connectivity index (χ1n) is 9.03. The largest absolute Gasteiger partial charge is 0.379 e. The molecular formula is C25H22F3S2+. The molecule has 0 aliphatic carbocycles. The molecule has 0 atom stereocenters. The van der Waals surface area contributed by atoms with E-state index in [4.69, 9.17) is 0 Å². The average Bonchev–Trinajstić information content (AvgIpc) is 2.75. The van der Waals surface area contributed by atoms with Crippen molar-refractivity contribution in [1.82, 2.24) is 0 Å². The Labute approximate surface area is 186 Å². The van der Waals surface area contributed by atoms with Crippen LogP contribution in [0.25, 0.3) is 22.3 Å². The molecule has 0 spiro atoms. The van der Waals surface area contributed by atoms with Gasteiger partial charge in [0.1, 0.15) is 0 Å². The van der Waals surface area contributed by atoms with Gasteiger partial charge in [0.05, 0.1) is 0 Å². The summed E-state index contributed by atoms with van der Waals surface area (Å²) in [6.07, 6.45) is 0. The van der Waals surface area contributed by atoms with E-state index >= 15 is 0 Å². The molecule has 0 aliphatic rings. The van der Waals surface area contributed by atoms with E-state index in [-0.39, 0.29) is 13.5 Å². The Bertz CT molecular complexity index is 1000. The lowest BCUT2D eigenvalue weighted by atomic mass is 9.95. The fourth-order valence-electron chi connectivity index (χ4n) is 2.93. The third kappa shape index (κ3) is 7.01. The highest BCUT2D eigenvalue weighted by Gasteiger charge is 2.07. The van der Waals surface area contributed by atoms with E-state index in [1.54, 1.807) is 11.8 Å². The molecule has 154 valence electrons. The topological polar surface area (TPSA) is 0 Å². The van der Waals surface area contributed by atoms with E-state index in [2.05, 4.69) is 103 Å². The zero-order valence-electron chi connectivity index (χ0n) is 16.1. The summed E-state index contributed by atoms with van der Waals surface area (Å²) >= 11 is 1.79. The maximum Gasteiger partial charge on any atom is 0.379 e. The Morgan fingerprint density at radius 2 is 0.833 bits per heavy atom. The van der Waals surface area contributed by atoms with Crippen molar-refractivity contribution < 1.29 is 13.2 Å². The van der Waals surface area contributed by atoms with Crippen molar-refractivity contribution in [3.05, 3.63) is 109 Å². The highest BCUT2D eigenvalue weighted by Crippen LogP contribution is 2.34. The van der Waals surface area contributed by atoms with Crippen LogP contribution in [-0.4, -0.2) is 6.68 Å². The quantitative estimate of drug-likeness (QED) is 0.294. The minimum atomic E-state index is -3.67. The molecule has 0 saturated carbocycles. The van der Waals surface area contributed by atoms with Gasteiger partial charge in [-0.05, 0) is 46.5 Å². The SMILES string of the molecule is FC(F)F.[SH3+].c1ccc(Sc2ccc(-c3ccccc3-c3ccccc3)cc2)cc1. The number of alkyl halides is 3. The van der Waals surface area contributed by atoms with Crippen LogP contribution >= 0.6 is 11.8 Å². The lowest BCUT2D eigenvalue weighted by Gasteiger charge is -2.11. The van der Waals surface area contributed by atoms with E-state index in [0.717, 1.165) is 0 Å². The Hall–Kier alpha value is -2.63. The monoisotopic (exact) mass is 443 g/mol. The third-order valence-corrected chi connectivity index (χ3v) is 5.17. The number of halogens is 3. The lowest BCUT2D eigenvalue weighted by molar-refractivity contribution is 0.00819. The van der Waals surface area contributed by atoms with Crippen LogP contribution in [0.2, 0.25) is 0 Å². The molecule has 0 aliphatic heterocycles. The van der Waals surface area contributed by atoms with E-state index < -0.39 is 6.68 Å². The van der Waals surface area contributed by atoms with Crippen LogP contribution in [0.1, 0.15) is 0 Å². The van der Waals surface area contributed by atoms with Crippen LogP contribution in [0, 0.1) is 0 Å². The van der Waals surface area contributed by atoms with E-state index in [1.807, 2.05) is 6.07 Å². The molecule has 0 fully saturated rings. The summed E-state index contributed by atoms with van der Waals surface area (Å²) in [7, 11) is 0. The van der Waals surface area contributed by atoms with Crippen molar-refractivity contribution in [2.45, 2.75) is 16.5 Å². The van der Waals surface area contributed by atoms with Crippen molar-refractivity contribution in [3.8, 4) is 22.3 Å². The summed E-state index contributed by atoms with van der Waals surface area (Å²) in [6.45, 7) is -3.67. The van der Waals surface area contributed by atoms with Crippen LogP contribution in [0.4, 0.5) is 13.2 Å². The Kier molecular flexibility index (Phi) is 9.58. The van der Waals surface area contributed by atoms with Crippen molar-refractivity contribution in [3.63, 3.8) is 0 Å². The first kappa shape index (κ1) is 23.6. The lowest BCUT2D eigenvalue weighted by Crippen LogP contribution is -1.85. The Morgan fingerprint density at radius 3 is 1.33 bits per heavy atom. The summed E-state index contributed by atoms with van der Waals surface area (Å²) in [4.78, 5) is 2.52. The van der Waals surface area contributed by atoms with Gasteiger partial charge >= 0.3 is 6.68 Å². The summed E-state index contributed by atoms with van der Waals surface area (Å²) in [5, 5.41) is 0. The zero-order valence-corrected chi connectivity index (χ0v) is 18.1. The van der Waals surface area contributed by atoms with Gasteiger partial charge in [-0.3, -0.25) is 0 Å². The van der Waals surface area contributed by atoms with E-state index in [0.29, 0.717) is 0 Å². The third-order valence-electron chi connectivity index (χ3n) is 4.16. The molecular weight excluding hydrogens is 421 g/mol. The standard InChI is InChI=1S/C24H18S.CHF3.H2S/c1-3-9-19(10-4-1)23-13-7-8-14-24(23)20-15-17-22(18-16-20)25-21-11-5-2-6-12-21;2-1(3)4;/h1-18H;1H;1H2/p+1. The summed E-state index contributed by atoms with van der Waals surface area (Å²) in [5.41, 5.74) is 5.04.